The van der Waals surface area contributed by atoms with E-state index < -0.39 is 57.9 Å². The molecule has 0 bridgehead atoms. The van der Waals surface area contributed by atoms with Gasteiger partial charge in [-0.05, 0) is 42.2 Å². The summed E-state index contributed by atoms with van der Waals surface area (Å²) in [6.45, 7) is 0.0892. The zero-order valence-electron chi connectivity index (χ0n) is 36.2. The summed E-state index contributed by atoms with van der Waals surface area (Å²) in [6, 6.07) is 11.0. The van der Waals surface area contributed by atoms with Gasteiger partial charge in [0.1, 0.15) is 31.6 Å². The number of pyridine rings is 1. The summed E-state index contributed by atoms with van der Waals surface area (Å²) in [5.74, 6) is -1.09. The summed E-state index contributed by atoms with van der Waals surface area (Å²) < 4.78 is 58.7. The summed E-state index contributed by atoms with van der Waals surface area (Å²) in [5.41, 5.74) is 2.88. The van der Waals surface area contributed by atoms with Crippen LogP contribution >= 0.6 is 7.82 Å². The molecule has 0 spiro atoms. The maximum atomic E-state index is 12.2. The number of benzene rings is 1. The average molecular weight is 956 g/mol. The van der Waals surface area contributed by atoms with Crippen LogP contribution in [0.5, 0.6) is 0 Å². The highest BCUT2D eigenvalue weighted by Gasteiger charge is 2.24. The van der Waals surface area contributed by atoms with Gasteiger partial charge >= 0.3 is 19.8 Å². The maximum absolute atomic E-state index is 12.2. The van der Waals surface area contributed by atoms with Gasteiger partial charge in [0.25, 0.3) is 12.9 Å². The molecular weight excluding hydrogens is 897 g/mol. The zero-order valence-corrected chi connectivity index (χ0v) is 37.1. The number of anilines is 1. The quantitative estimate of drug-likeness (QED) is 0.0171. The summed E-state index contributed by atoms with van der Waals surface area (Å²) in [5, 5.41) is 37.2. The number of phosphoric ester groups is 1. The van der Waals surface area contributed by atoms with E-state index in [-0.39, 0.29) is 104 Å². The first-order valence-corrected chi connectivity index (χ1v) is 22.3. The van der Waals surface area contributed by atoms with Crippen LogP contribution in [0.4, 0.5) is 5.69 Å². The molecule has 5 N–H and O–H groups in total. The Morgan fingerprint density at radius 3 is 2.15 bits per heavy atom. The highest BCUT2D eigenvalue weighted by atomic mass is 31.2. The van der Waals surface area contributed by atoms with Crippen molar-refractivity contribution in [3.63, 3.8) is 0 Å². The number of hydrogen-bond donors (Lipinski definition) is 5. The number of aliphatic hydroxyl groups excluding tert-OH is 3. The normalized spacial score (nSPS) is 13.6. The molecule has 3 aromatic rings. The Kier molecular flexibility index (Phi) is 26.9. The summed E-state index contributed by atoms with van der Waals surface area (Å²) in [6.07, 6.45) is 4.27. The Labute approximate surface area is 379 Å². The molecule has 0 amide bonds. The second-order valence-corrected chi connectivity index (χ2v) is 15.5. The van der Waals surface area contributed by atoms with Crippen molar-refractivity contribution in [2.45, 2.75) is 57.1 Å². The van der Waals surface area contributed by atoms with Gasteiger partial charge in [-0.3, -0.25) is 33.0 Å². The second kappa shape index (κ2) is 32.3. The monoisotopic (exact) mass is 955 g/mol. The molecular formula is C41H58N5O19P. The van der Waals surface area contributed by atoms with Gasteiger partial charge in [-0.25, -0.2) is 9.25 Å². The lowest BCUT2D eigenvalue weighted by Crippen LogP contribution is -2.33. The lowest BCUT2D eigenvalue weighted by Gasteiger charge is -2.25. The molecule has 366 valence electrons. The summed E-state index contributed by atoms with van der Waals surface area (Å²) >= 11 is 0. The summed E-state index contributed by atoms with van der Waals surface area (Å²) in [4.78, 5) is 70.5. The van der Waals surface area contributed by atoms with Crippen LogP contribution in [0.3, 0.4) is 0 Å². The number of carbonyl (C=O) groups excluding carboxylic acids is 4. The van der Waals surface area contributed by atoms with Gasteiger partial charge in [-0.2, -0.15) is 0 Å². The van der Waals surface area contributed by atoms with Crippen molar-refractivity contribution in [2.75, 3.05) is 90.7 Å². The first kappa shape index (κ1) is 54.9. The van der Waals surface area contributed by atoms with E-state index in [1.165, 1.54) is 10.7 Å². The Bertz CT molecular complexity index is 1960. The Hall–Kier alpha value is -5.40. The molecule has 1 aromatic carbocycles. The van der Waals surface area contributed by atoms with Gasteiger partial charge < -0.3 is 63.3 Å². The van der Waals surface area contributed by atoms with Gasteiger partial charge in [0.2, 0.25) is 5.56 Å². The van der Waals surface area contributed by atoms with E-state index in [1.54, 1.807) is 18.5 Å². The smallest absolute Gasteiger partial charge is 0.464 e. The zero-order chi connectivity index (χ0) is 47.8. The number of nitrogens with zero attached hydrogens (tertiary/aromatic N) is 4. The van der Waals surface area contributed by atoms with E-state index in [2.05, 4.69) is 29.3 Å². The van der Waals surface area contributed by atoms with E-state index in [4.69, 9.17) is 33.3 Å². The number of rotatable bonds is 38. The number of hydrogen-bond acceptors (Lipinski definition) is 21. The fraction of sp³-hybridized carbons (Fsp3) is 0.537. The van der Waals surface area contributed by atoms with Crippen LogP contribution in [0.25, 0.3) is 12.2 Å². The molecule has 25 heteroatoms. The minimum atomic E-state index is -4.54. The van der Waals surface area contributed by atoms with Crippen LogP contribution in [-0.2, 0) is 79.1 Å². The van der Waals surface area contributed by atoms with Crippen molar-refractivity contribution in [2.24, 2.45) is 0 Å². The molecule has 0 aliphatic carbocycles. The second-order valence-electron chi connectivity index (χ2n) is 14.1. The van der Waals surface area contributed by atoms with Gasteiger partial charge in [0, 0.05) is 50.5 Å². The standard InChI is InChI=1S/C41H58N5O19P/c47-24-37(51)27-59-18-14-45(35-10-7-32(8-11-35)5-6-33-9-12-39(52)42-21-33)13-17-58-26-36(50)23-46-22-34(43-44-46)25-62-41(54)3-1-15-57-19-20-61-40(53)4-2-16-64-66(55,56)65-29-38(63-31-49)28-60-30-48/h5-12,21-22,30-31,36-38,47,50-51H,1-4,13-20,23-29H2,(H,42,52)(H,55,56)/b6-5+. The predicted molar refractivity (Wildman–Crippen MR) is 230 cm³/mol. The molecule has 0 radical (unpaired) electrons. The Morgan fingerprint density at radius 1 is 0.788 bits per heavy atom. The van der Waals surface area contributed by atoms with E-state index in [0.717, 1.165) is 16.8 Å². The van der Waals surface area contributed by atoms with Crippen LogP contribution in [-0.4, -0.2) is 169 Å². The fourth-order valence-electron chi connectivity index (χ4n) is 5.39. The van der Waals surface area contributed by atoms with Crippen LogP contribution in [0.1, 0.15) is 42.5 Å². The topological polar surface area (TPSA) is 316 Å². The summed E-state index contributed by atoms with van der Waals surface area (Å²) in [7, 11) is -4.54. The highest BCUT2D eigenvalue weighted by Crippen LogP contribution is 2.43. The van der Waals surface area contributed by atoms with Crippen molar-refractivity contribution in [1.29, 1.82) is 0 Å². The van der Waals surface area contributed by atoms with Gasteiger partial charge in [-0.1, -0.05) is 29.5 Å². The van der Waals surface area contributed by atoms with Crippen molar-refractivity contribution in [3.05, 3.63) is 76.0 Å². The molecule has 66 heavy (non-hydrogen) atoms. The molecule has 4 atom stereocenters. The number of carbonyl (C=O) groups is 4. The Balaban J connectivity index is 1.25. The number of aliphatic hydroxyl groups is 3. The van der Waals surface area contributed by atoms with Gasteiger partial charge in [0.15, 0.2) is 6.10 Å². The maximum Gasteiger partial charge on any atom is 0.472 e. The molecule has 0 aliphatic rings. The first-order chi connectivity index (χ1) is 31.9. The number of nitrogens with one attached hydrogen (secondary N) is 1. The first-order valence-electron chi connectivity index (χ1n) is 20.8. The minimum absolute atomic E-state index is 0.00569. The molecule has 4 unspecified atom stereocenters. The van der Waals surface area contributed by atoms with Crippen LogP contribution in [0.15, 0.2) is 53.6 Å². The molecule has 0 fully saturated rings. The lowest BCUT2D eigenvalue weighted by atomic mass is 10.1. The van der Waals surface area contributed by atoms with Crippen molar-refractivity contribution in [1.82, 2.24) is 20.0 Å². The molecule has 24 nitrogen and oxygen atoms in total. The van der Waals surface area contributed by atoms with Crippen LogP contribution < -0.4 is 10.5 Å². The van der Waals surface area contributed by atoms with E-state index in [1.807, 2.05) is 41.3 Å². The number of H-pyrrole nitrogens is 1. The fourth-order valence-corrected chi connectivity index (χ4v) is 6.17. The van der Waals surface area contributed by atoms with Crippen molar-refractivity contribution >= 4 is 50.5 Å². The van der Waals surface area contributed by atoms with Crippen LogP contribution in [0.2, 0.25) is 0 Å². The number of esters is 2. The number of phosphoric acid groups is 1. The van der Waals surface area contributed by atoms with E-state index in [9.17, 15) is 43.6 Å². The SMILES string of the molecule is O=COCC(COP(=O)(O)OCCCC(=O)OCCOCCCC(=O)OCc1cn(CC(O)COCCN(CCOCC(O)CO)c2ccc(/C=C/c3ccc(=O)[nH]c3)cc2)nn1)OC=O. The van der Waals surface area contributed by atoms with Gasteiger partial charge in [0.05, 0.1) is 71.7 Å². The van der Waals surface area contributed by atoms with E-state index >= 15 is 0 Å². The number of aromatic amines is 1. The molecule has 0 saturated heterocycles. The Morgan fingerprint density at radius 2 is 1.47 bits per heavy atom. The third-order valence-electron chi connectivity index (χ3n) is 8.70. The third kappa shape index (κ3) is 24.8. The molecule has 2 aromatic heterocycles. The van der Waals surface area contributed by atoms with Crippen molar-refractivity contribution < 1.29 is 86.2 Å². The minimum Gasteiger partial charge on any atom is -0.464 e. The highest BCUT2D eigenvalue weighted by molar-refractivity contribution is 7.47. The number of aromatic nitrogens is 4. The third-order valence-corrected chi connectivity index (χ3v) is 9.69. The molecule has 2 heterocycles. The molecule has 3 rings (SSSR count). The predicted octanol–water partition coefficient (Wildman–Crippen LogP) is 0.402. The molecule has 0 saturated carbocycles. The van der Waals surface area contributed by atoms with Crippen molar-refractivity contribution in [3.8, 4) is 0 Å². The van der Waals surface area contributed by atoms with Crippen LogP contribution in [0, 0.1) is 0 Å². The van der Waals surface area contributed by atoms with E-state index in [0.29, 0.717) is 25.2 Å². The van der Waals surface area contributed by atoms with Gasteiger partial charge in [-0.15, -0.1) is 5.10 Å². The average Bonchev–Trinajstić information content (AvgIpc) is 3.76. The largest absolute Gasteiger partial charge is 0.472 e. The number of ether oxygens (including phenoxy) is 7. The molecule has 0 aliphatic heterocycles. The lowest BCUT2D eigenvalue weighted by molar-refractivity contribution is -0.145.